The molecule has 2 fully saturated rings. The second kappa shape index (κ2) is 12.0. The molecule has 7 nitrogen and oxygen atoms in total. The lowest BCUT2D eigenvalue weighted by atomic mass is 9.93. The molecule has 1 aromatic heterocycles. The van der Waals surface area contributed by atoms with Gasteiger partial charge >= 0.3 is 0 Å². The Kier molecular flexibility index (Phi) is 10.0. The summed E-state index contributed by atoms with van der Waals surface area (Å²) in [4.78, 5) is 16.2. The Balaban J connectivity index is 0.00000280. The van der Waals surface area contributed by atoms with Gasteiger partial charge in [-0.1, -0.05) is 6.92 Å². The van der Waals surface area contributed by atoms with Gasteiger partial charge in [-0.25, -0.2) is 4.98 Å². The summed E-state index contributed by atoms with van der Waals surface area (Å²) in [6, 6.07) is 0.467. The lowest BCUT2D eigenvalue weighted by Gasteiger charge is -2.39. The molecule has 160 valence electrons. The Morgan fingerprint density at radius 1 is 1.21 bits per heavy atom. The molecule has 0 amide bonds. The number of halogens is 1. The summed E-state index contributed by atoms with van der Waals surface area (Å²) in [5.41, 5.74) is 0. The Hall–Kier alpha value is -0.870. The van der Waals surface area contributed by atoms with Crippen molar-refractivity contribution in [3.05, 3.63) is 18.7 Å². The van der Waals surface area contributed by atoms with Gasteiger partial charge in [-0.3, -0.25) is 4.99 Å². The van der Waals surface area contributed by atoms with Crippen LogP contribution in [0.15, 0.2) is 23.7 Å². The highest BCUT2D eigenvalue weighted by Gasteiger charge is 2.28. The highest BCUT2D eigenvalue weighted by molar-refractivity contribution is 14.0. The van der Waals surface area contributed by atoms with Crippen molar-refractivity contribution in [2.45, 2.75) is 32.2 Å². The Morgan fingerprint density at radius 2 is 2.07 bits per heavy atom. The molecule has 0 bridgehead atoms. The van der Waals surface area contributed by atoms with E-state index >= 15 is 0 Å². The van der Waals surface area contributed by atoms with Crippen LogP contribution in [0.25, 0.3) is 0 Å². The highest BCUT2D eigenvalue weighted by Crippen LogP contribution is 2.27. The van der Waals surface area contributed by atoms with Gasteiger partial charge in [0.05, 0.1) is 12.4 Å². The Labute approximate surface area is 187 Å². The summed E-state index contributed by atoms with van der Waals surface area (Å²) < 4.78 is 2.25. The zero-order valence-electron chi connectivity index (χ0n) is 17.8. The van der Waals surface area contributed by atoms with Crippen LogP contribution in [0.4, 0.5) is 0 Å². The largest absolute Gasteiger partial charge is 0.356 e. The number of nitrogens with zero attached hydrogens (tertiary/aromatic N) is 6. The molecule has 2 aliphatic heterocycles. The number of hydrogen-bond acceptors (Lipinski definition) is 4. The molecule has 2 unspecified atom stereocenters. The number of guanidine groups is 1. The van der Waals surface area contributed by atoms with Gasteiger partial charge < -0.3 is 24.6 Å². The fourth-order valence-electron chi connectivity index (χ4n) is 4.25. The fourth-order valence-corrected chi connectivity index (χ4v) is 4.25. The molecular weight excluding hydrogens is 465 g/mol. The number of aliphatic imine (C=N–C) groups is 1. The first-order valence-electron chi connectivity index (χ1n) is 10.5. The lowest BCUT2D eigenvalue weighted by molar-refractivity contribution is 0.188. The molecule has 0 saturated carbocycles. The molecule has 0 radical (unpaired) electrons. The van der Waals surface area contributed by atoms with Crippen LogP contribution in [0.2, 0.25) is 0 Å². The molecule has 0 aromatic carbocycles. The van der Waals surface area contributed by atoms with E-state index in [1.54, 1.807) is 0 Å². The molecule has 8 heteroatoms. The first-order chi connectivity index (χ1) is 13.2. The standard InChI is InChI=1S/C20H37N7.HI/c1-18-6-12-26(16-19(18)27-13-8-22-17-27)20(21-2)23-7-4-10-25-11-5-9-24(3)14-15-25;/h8,13,17-19H,4-7,9-12,14-16H2,1-3H3,(H,21,23);1H. The highest BCUT2D eigenvalue weighted by atomic mass is 127. The molecule has 3 rings (SSSR count). The van der Waals surface area contributed by atoms with E-state index in [1.165, 1.54) is 45.6 Å². The summed E-state index contributed by atoms with van der Waals surface area (Å²) in [7, 11) is 4.13. The average Bonchev–Trinajstić information content (AvgIpc) is 3.13. The molecule has 0 spiro atoms. The summed E-state index contributed by atoms with van der Waals surface area (Å²) >= 11 is 0. The number of piperidine rings is 1. The van der Waals surface area contributed by atoms with Crippen molar-refractivity contribution in [3.8, 4) is 0 Å². The van der Waals surface area contributed by atoms with E-state index in [-0.39, 0.29) is 24.0 Å². The van der Waals surface area contributed by atoms with E-state index in [0.29, 0.717) is 12.0 Å². The molecule has 28 heavy (non-hydrogen) atoms. The van der Waals surface area contributed by atoms with Crippen LogP contribution in [0.1, 0.15) is 32.2 Å². The van der Waals surface area contributed by atoms with E-state index in [4.69, 9.17) is 0 Å². The summed E-state index contributed by atoms with van der Waals surface area (Å²) in [6.07, 6.45) is 9.54. The maximum absolute atomic E-state index is 4.55. The van der Waals surface area contributed by atoms with E-state index < -0.39 is 0 Å². The molecular formula is C20H38IN7. The van der Waals surface area contributed by atoms with Crippen molar-refractivity contribution in [1.82, 2.24) is 29.6 Å². The van der Waals surface area contributed by atoms with Gasteiger partial charge in [0.1, 0.15) is 0 Å². The van der Waals surface area contributed by atoms with E-state index in [1.807, 2.05) is 19.6 Å². The molecule has 2 atom stereocenters. The topological polar surface area (TPSA) is 51.9 Å². The molecule has 1 N–H and O–H groups in total. The summed E-state index contributed by atoms with van der Waals surface area (Å²) in [6.45, 7) is 11.4. The Morgan fingerprint density at radius 3 is 2.82 bits per heavy atom. The third-order valence-corrected chi connectivity index (χ3v) is 6.08. The normalized spacial score (nSPS) is 25.2. The summed E-state index contributed by atoms with van der Waals surface area (Å²) in [5.74, 6) is 1.71. The predicted octanol–water partition coefficient (Wildman–Crippen LogP) is 1.99. The lowest BCUT2D eigenvalue weighted by Crippen LogP contribution is -2.49. The van der Waals surface area contributed by atoms with Gasteiger partial charge in [0.15, 0.2) is 5.96 Å². The number of aromatic nitrogens is 2. The van der Waals surface area contributed by atoms with Crippen molar-refractivity contribution in [3.63, 3.8) is 0 Å². The molecule has 0 aliphatic carbocycles. The van der Waals surface area contributed by atoms with E-state index in [0.717, 1.165) is 32.0 Å². The van der Waals surface area contributed by atoms with Crippen LogP contribution < -0.4 is 5.32 Å². The number of nitrogens with one attached hydrogen (secondary N) is 1. The minimum Gasteiger partial charge on any atom is -0.356 e. The van der Waals surface area contributed by atoms with Crippen LogP contribution in [-0.2, 0) is 0 Å². The predicted molar refractivity (Wildman–Crippen MR) is 127 cm³/mol. The number of likely N-dealkylation sites (N-methyl/N-ethyl adjacent to an activating group) is 1. The maximum Gasteiger partial charge on any atom is 0.193 e. The third kappa shape index (κ3) is 6.59. The molecule has 2 saturated heterocycles. The minimum atomic E-state index is 0. The third-order valence-electron chi connectivity index (χ3n) is 6.08. The van der Waals surface area contributed by atoms with Crippen molar-refractivity contribution in [2.24, 2.45) is 10.9 Å². The molecule has 1 aromatic rings. The van der Waals surface area contributed by atoms with Gasteiger partial charge in [-0.15, -0.1) is 24.0 Å². The first kappa shape index (κ1) is 23.4. The van der Waals surface area contributed by atoms with Crippen LogP contribution in [0.5, 0.6) is 0 Å². The second-order valence-electron chi connectivity index (χ2n) is 8.12. The number of imidazole rings is 1. The van der Waals surface area contributed by atoms with Crippen molar-refractivity contribution in [2.75, 3.05) is 66.5 Å². The van der Waals surface area contributed by atoms with Gasteiger partial charge in [0.2, 0.25) is 0 Å². The van der Waals surface area contributed by atoms with Crippen molar-refractivity contribution < 1.29 is 0 Å². The SMILES string of the molecule is CN=C(NCCCN1CCCN(C)CC1)N1CCC(C)C(n2ccnc2)C1.I. The quantitative estimate of drug-likeness (QED) is 0.288. The van der Waals surface area contributed by atoms with Gasteiger partial charge in [0, 0.05) is 52.2 Å². The van der Waals surface area contributed by atoms with Crippen LogP contribution >= 0.6 is 24.0 Å². The van der Waals surface area contributed by atoms with Crippen molar-refractivity contribution in [1.29, 1.82) is 0 Å². The summed E-state index contributed by atoms with van der Waals surface area (Å²) in [5, 5.41) is 3.60. The Bertz CT molecular complexity index is 577. The fraction of sp³-hybridized carbons (Fsp3) is 0.800. The smallest absolute Gasteiger partial charge is 0.193 e. The maximum atomic E-state index is 4.55. The average molecular weight is 503 g/mol. The zero-order valence-corrected chi connectivity index (χ0v) is 20.1. The monoisotopic (exact) mass is 503 g/mol. The molecule has 2 aliphatic rings. The number of likely N-dealkylation sites (tertiary alicyclic amines) is 1. The van der Waals surface area contributed by atoms with Crippen LogP contribution in [-0.4, -0.2) is 96.7 Å². The van der Waals surface area contributed by atoms with Gasteiger partial charge in [-0.2, -0.15) is 0 Å². The van der Waals surface area contributed by atoms with E-state index in [9.17, 15) is 0 Å². The van der Waals surface area contributed by atoms with E-state index in [2.05, 4.69) is 54.7 Å². The minimum absolute atomic E-state index is 0. The number of hydrogen-bond donors (Lipinski definition) is 1. The number of rotatable bonds is 5. The first-order valence-corrected chi connectivity index (χ1v) is 10.5. The van der Waals surface area contributed by atoms with Gasteiger partial charge in [0.25, 0.3) is 0 Å². The second-order valence-corrected chi connectivity index (χ2v) is 8.12. The zero-order chi connectivity index (χ0) is 19.1. The van der Waals surface area contributed by atoms with Crippen molar-refractivity contribution >= 4 is 29.9 Å². The van der Waals surface area contributed by atoms with Crippen LogP contribution in [0.3, 0.4) is 0 Å². The van der Waals surface area contributed by atoms with Crippen LogP contribution in [0, 0.1) is 5.92 Å². The molecule has 3 heterocycles. The van der Waals surface area contributed by atoms with Gasteiger partial charge in [-0.05, 0) is 51.9 Å².